The van der Waals surface area contributed by atoms with Crippen LogP contribution in [0.5, 0.6) is 0 Å². The number of hydrogen-bond donors (Lipinski definition) is 1. The van der Waals surface area contributed by atoms with Crippen LogP contribution in [0.4, 0.5) is 0 Å². The van der Waals surface area contributed by atoms with Gasteiger partial charge >= 0.3 is 0 Å². The summed E-state index contributed by atoms with van der Waals surface area (Å²) in [4.78, 5) is 0. The van der Waals surface area contributed by atoms with Gasteiger partial charge in [0.05, 0.1) is 11.7 Å². The Hall–Kier alpha value is -1.54. The number of hydrogen-bond acceptors (Lipinski definition) is 2. The third-order valence-corrected chi connectivity index (χ3v) is 3.78. The number of furan rings is 1. The molecule has 0 radical (unpaired) electrons. The van der Waals surface area contributed by atoms with Gasteiger partial charge in [-0.05, 0) is 43.6 Å². The topological polar surface area (TPSA) is 25.2 Å². The second-order valence-corrected chi connectivity index (χ2v) is 4.68. The molecule has 0 bridgehead atoms. The molecule has 0 unspecified atom stereocenters. The zero-order valence-electron chi connectivity index (χ0n) is 9.86. The van der Waals surface area contributed by atoms with Crippen LogP contribution in [0, 0.1) is 0 Å². The molecule has 17 heavy (non-hydrogen) atoms. The summed E-state index contributed by atoms with van der Waals surface area (Å²) in [5.74, 6) is 1.10. The normalized spacial score (nSPS) is 19.1. The summed E-state index contributed by atoms with van der Waals surface area (Å²) in [6.45, 7) is 2.10. The predicted molar refractivity (Wildman–Crippen MR) is 68.0 cm³/mol. The van der Waals surface area contributed by atoms with Crippen molar-refractivity contribution in [3.05, 3.63) is 60.1 Å². The minimum Gasteiger partial charge on any atom is -0.468 e. The molecule has 0 atom stereocenters. The first-order valence-electron chi connectivity index (χ1n) is 6.22. The predicted octanol–water partition coefficient (Wildman–Crippen LogP) is 2.95. The Morgan fingerprint density at radius 2 is 1.71 bits per heavy atom. The van der Waals surface area contributed by atoms with E-state index in [0.717, 1.165) is 31.7 Å². The van der Waals surface area contributed by atoms with Crippen LogP contribution in [-0.2, 0) is 5.41 Å². The Morgan fingerprint density at radius 1 is 0.941 bits per heavy atom. The Morgan fingerprint density at radius 3 is 2.35 bits per heavy atom. The Kier molecular flexibility index (Phi) is 2.73. The van der Waals surface area contributed by atoms with Gasteiger partial charge in [-0.25, -0.2) is 0 Å². The first-order valence-corrected chi connectivity index (χ1v) is 6.22. The minimum absolute atomic E-state index is 0.0655. The van der Waals surface area contributed by atoms with E-state index in [1.807, 2.05) is 6.07 Å². The monoisotopic (exact) mass is 227 g/mol. The van der Waals surface area contributed by atoms with Crippen LogP contribution < -0.4 is 5.32 Å². The van der Waals surface area contributed by atoms with Crippen molar-refractivity contribution >= 4 is 0 Å². The van der Waals surface area contributed by atoms with E-state index in [4.69, 9.17) is 4.42 Å². The highest BCUT2D eigenvalue weighted by atomic mass is 16.3. The molecular weight excluding hydrogens is 210 g/mol. The highest BCUT2D eigenvalue weighted by Gasteiger charge is 2.37. The van der Waals surface area contributed by atoms with E-state index < -0.39 is 0 Å². The molecule has 88 valence electrons. The van der Waals surface area contributed by atoms with Crippen LogP contribution in [0.15, 0.2) is 53.1 Å². The molecule has 1 aliphatic heterocycles. The third kappa shape index (κ3) is 1.79. The molecule has 1 aliphatic rings. The van der Waals surface area contributed by atoms with Gasteiger partial charge in [0, 0.05) is 0 Å². The molecule has 1 N–H and O–H groups in total. The maximum atomic E-state index is 5.70. The van der Waals surface area contributed by atoms with Crippen LogP contribution in [0.3, 0.4) is 0 Å². The zero-order chi connectivity index (χ0) is 11.6. The lowest BCUT2D eigenvalue weighted by molar-refractivity contribution is 0.302. The van der Waals surface area contributed by atoms with Crippen LogP contribution in [0.25, 0.3) is 0 Å². The van der Waals surface area contributed by atoms with E-state index in [0.29, 0.717) is 0 Å². The van der Waals surface area contributed by atoms with Crippen LogP contribution in [0.1, 0.15) is 24.2 Å². The van der Waals surface area contributed by atoms with Crippen LogP contribution >= 0.6 is 0 Å². The number of piperidine rings is 1. The van der Waals surface area contributed by atoms with Crippen molar-refractivity contribution in [2.75, 3.05) is 13.1 Å². The van der Waals surface area contributed by atoms with Gasteiger partial charge in [-0.2, -0.15) is 0 Å². The van der Waals surface area contributed by atoms with Crippen molar-refractivity contribution < 1.29 is 4.42 Å². The molecular formula is C15H17NO. The first-order chi connectivity index (χ1) is 8.42. The quantitative estimate of drug-likeness (QED) is 0.853. The molecule has 3 rings (SSSR count). The largest absolute Gasteiger partial charge is 0.468 e. The van der Waals surface area contributed by atoms with Gasteiger partial charge in [0.25, 0.3) is 0 Å². The van der Waals surface area contributed by atoms with Crippen LogP contribution in [0.2, 0.25) is 0 Å². The molecule has 1 aromatic carbocycles. The maximum absolute atomic E-state index is 5.70. The van der Waals surface area contributed by atoms with Crippen molar-refractivity contribution in [1.82, 2.24) is 5.32 Å². The molecule has 0 spiro atoms. The number of nitrogens with one attached hydrogen (secondary N) is 1. The molecule has 2 nitrogen and oxygen atoms in total. The smallest absolute Gasteiger partial charge is 0.114 e. The third-order valence-electron chi connectivity index (χ3n) is 3.78. The fourth-order valence-corrected chi connectivity index (χ4v) is 2.84. The molecule has 1 fully saturated rings. The van der Waals surface area contributed by atoms with E-state index in [1.165, 1.54) is 5.56 Å². The van der Waals surface area contributed by atoms with Crippen molar-refractivity contribution in [1.29, 1.82) is 0 Å². The van der Waals surface area contributed by atoms with Crippen molar-refractivity contribution in [3.63, 3.8) is 0 Å². The Labute approximate surface area is 102 Å². The van der Waals surface area contributed by atoms with Gasteiger partial charge in [-0.15, -0.1) is 0 Å². The van der Waals surface area contributed by atoms with E-state index in [-0.39, 0.29) is 5.41 Å². The minimum atomic E-state index is 0.0655. The molecule has 1 aromatic heterocycles. The van der Waals surface area contributed by atoms with Crippen molar-refractivity contribution in [3.8, 4) is 0 Å². The average Bonchev–Trinajstić information content (AvgIpc) is 2.95. The summed E-state index contributed by atoms with van der Waals surface area (Å²) in [6, 6.07) is 14.8. The number of rotatable bonds is 2. The average molecular weight is 227 g/mol. The first kappa shape index (κ1) is 10.6. The molecule has 0 saturated carbocycles. The van der Waals surface area contributed by atoms with Gasteiger partial charge in [-0.1, -0.05) is 30.3 Å². The fourth-order valence-electron chi connectivity index (χ4n) is 2.84. The second kappa shape index (κ2) is 4.38. The summed E-state index contributed by atoms with van der Waals surface area (Å²) < 4.78 is 5.70. The summed E-state index contributed by atoms with van der Waals surface area (Å²) >= 11 is 0. The lowest BCUT2D eigenvalue weighted by Crippen LogP contribution is -2.40. The highest BCUT2D eigenvalue weighted by Crippen LogP contribution is 2.40. The Bertz CT molecular complexity index is 455. The molecule has 0 amide bonds. The standard InChI is InChI=1S/C15H17NO/c1-2-5-13(6-3-1)15(8-10-16-11-9-15)14-7-4-12-17-14/h1-7,12,16H,8-11H2. The second-order valence-electron chi connectivity index (χ2n) is 4.68. The van der Waals surface area contributed by atoms with Gasteiger partial charge < -0.3 is 9.73 Å². The van der Waals surface area contributed by atoms with E-state index in [1.54, 1.807) is 6.26 Å². The van der Waals surface area contributed by atoms with Gasteiger partial charge in [0.2, 0.25) is 0 Å². The SMILES string of the molecule is c1ccc(C2(c3ccco3)CCNCC2)cc1. The highest BCUT2D eigenvalue weighted by molar-refractivity contribution is 5.35. The summed E-state index contributed by atoms with van der Waals surface area (Å²) in [6.07, 6.45) is 3.98. The maximum Gasteiger partial charge on any atom is 0.114 e. The summed E-state index contributed by atoms with van der Waals surface area (Å²) in [5.41, 5.74) is 1.44. The summed E-state index contributed by atoms with van der Waals surface area (Å²) in [7, 11) is 0. The van der Waals surface area contributed by atoms with Crippen molar-refractivity contribution in [2.45, 2.75) is 18.3 Å². The van der Waals surface area contributed by atoms with Gasteiger partial charge in [-0.3, -0.25) is 0 Å². The lowest BCUT2D eigenvalue weighted by Gasteiger charge is -2.36. The number of benzene rings is 1. The van der Waals surface area contributed by atoms with Crippen LogP contribution in [-0.4, -0.2) is 13.1 Å². The fraction of sp³-hybridized carbons (Fsp3) is 0.333. The molecule has 2 aromatic rings. The van der Waals surface area contributed by atoms with Crippen molar-refractivity contribution in [2.24, 2.45) is 0 Å². The zero-order valence-corrected chi connectivity index (χ0v) is 9.86. The lowest BCUT2D eigenvalue weighted by atomic mass is 9.71. The van der Waals surface area contributed by atoms with E-state index >= 15 is 0 Å². The molecule has 2 heteroatoms. The summed E-state index contributed by atoms with van der Waals surface area (Å²) in [5, 5.41) is 3.43. The molecule has 0 aliphatic carbocycles. The van der Waals surface area contributed by atoms with Gasteiger partial charge in [0.15, 0.2) is 0 Å². The van der Waals surface area contributed by atoms with E-state index in [2.05, 4.69) is 41.7 Å². The Balaban J connectivity index is 2.08. The van der Waals surface area contributed by atoms with E-state index in [9.17, 15) is 0 Å². The molecule has 1 saturated heterocycles. The van der Waals surface area contributed by atoms with Gasteiger partial charge in [0.1, 0.15) is 5.76 Å². The molecule has 2 heterocycles.